The zero-order valence-electron chi connectivity index (χ0n) is 10.6. The van der Waals surface area contributed by atoms with Gasteiger partial charge in [0, 0.05) is 0 Å². The molecule has 1 aromatic heterocycles. The van der Waals surface area contributed by atoms with Gasteiger partial charge in [-0.15, -0.1) is 11.3 Å². The molecule has 0 radical (unpaired) electrons. The molecule has 9 heteroatoms. The molecule has 21 heavy (non-hydrogen) atoms. The number of nitrogens with one attached hydrogen (secondary N) is 1. The summed E-state index contributed by atoms with van der Waals surface area (Å²) < 4.78 is 26.7. The summed E-state index contributed by atoms with van der Waals surface area (Å²) in [4.78, 5) is 11.0. The molecule has 2 N–H and O–H groups in total. The fourth-order valence-electron chi connectivity index (χ4n) is 1.58. The van der Waals surface area contributed by atoms with E-state index in [-0.39, 0.29) is 24.8 Å². The molecule has 0 aliphatic heterocycles. The van der Waals surface area contributed by atoms with Crippen LogP contribution < -0.4 is 4.72 Å². The Morgan fingerprint density at radius 2 is 2.00 bits per heavy atom. The van der Waals surface area contributed by atoms with Gasteiger partial charge in [-0.2, -0.15) is 0 Å². The van der Waals surface area contributed by atoms with Crippen molar-refractivity contribution in [3.8, 4) is 0 Å². The number of sulfonamides is 1. The number of thiophene rings is 1. The second-order valence-electron chi connectivity index (χ2n) is 4.09. The molecule has 0 aliphatic rings. The number of hydrogen-bond donors (Lipinski definition) is 2. The average molecular weight is 366 g/mol. The van der Waals surface area contributed by atoms with Crippen LogP contribution in [0.15, 0.2) is 28.5 Å². The normalized spacial score (nSPS) is 11.4. The number of halogens is 2. The fourth-order valence-corrected chi connectivity index (χ4v) is 4.43. The monoisotopic (exact) mass is 365 g/mol. The number of carboxylic acid groups (broad SMARTS) is 1. The van der Waals surface area contributed by atoms with Crippen LogP contribution in [0.1, 0.15) is 15.2 Å². The van der Waals surface area contributed by atoms with Crippen molar-refractivity contribution in [3.05, 3.63) is 44.8 Å². The molecule has 2 rings (SSSR count). The van der Waals surface area contributed by atoms with Crippen LogP contribution in [-0.4, -0.2) is 19.5 Å². The largest absolute Gasteiger partial charge is 0.477 e. The second kappa shape index (κ2) is 5.84. The van der Waals surface area contributed by atoms with E-state index in [4.69, 9.17) is 28.3 Å². The van der Waals surface area contributed by atoms with Crippen LogP contribution in [0.25, 0.3) is 0 Å². The highest BCUT2D eigenvalue weighted by atomic mass is 35.5. The van der Waals surface area contributed by atoms with Gasteiger partial charge in [-0.1, -0.05) is 29.3 Å². The lowest BCUT2D eigenvalue weighted by Crippen LogP contribution is -2.11. The van der Waals surface area contributed by atoms with Gasteiger partial charge in [0.1, 0.15) is 9.09 Å². The molecule has 5 nitrogen and oxygen atoms in total. The maximum absolute atomic E-state index is 12.3. The Hall–Kier alpha value is -1.28. The quantitative estimate of drug-likeness (QED) is 0.861. The minimum Gasteiger partial charge on any atom is -0.477 e. The average Bonchev–Trinajstić information content (AvgIpc) is 2.78. The van der Waals surface area contributed by atoms with Gasteiger partial charge in [0.05, 0.1) is 15.7 Å². The van der Waals surface area contributed by atoms with E-state index in [1.54, 1.807) is 6.07 Å². The molecule has 1 aromatic carbocycles. The summed E-state index contributed by atoms with van der Waals surface area (Å²) in [5.41, 5.74) is 0.511. The molecule has 112 valence electrons. The van der Waals surface area contributed by atoms with Gasteiger partial charge >= 0.3 is 5.97 Å². The first-order valence-corrected chi connectivity index (χ1v) is 8.58. The van der Waals surface area contributed by atoms with Crippen molar-refractivity contribution >= 4 is 56.2 Å². The molecule has 2 aromatic rings. The molecule has 0 amide bonds. The fraction of sp³-hybridized carbons (Fsp3) is 0.0833. The maximum Gasteiger partial charge on any atom is 0.346 e. The zero-order chi connectivity index (χ0) is 15.8. The Balaban J connectivity index is 2.41. The van der Waals surface area contributed by atoms with Crippen LogP contribution in [0.5, 0.6) is 0 Å². The van der Waals surface area contributed by atoms with Crippen molar-refractivity contribution in [2.45, 2.75) is 11.1 Å². The van der Waals surface area contributed by atoms with Gasteiger partial charge in [0.25, 0.3) is 10.0 Å². The Morgan fingerprint density at radius 3 is 2.57 bits per heavy atom. The Morgan fingerprint density at radius 1 is 1.33 bits per heavy atom. The van der Waals surface area contributed by atoms with Gasteiger partial charge in [0.2, 0.25) is 0 Å². The lowest BCUT2D eigenvalue weighted by atomic mass is 10.3. The summed E-state index contributed by atoms with van der Waals surface area (Å²) in [5.74, 6) is -1.17. The van der Waals surface area contributed by atoms with Gasteiger partial charge in [-0.05, 0) is 30.7 Å². The molecule has 0 fully saturated rings. The molecule has 0 unspecified atom stereocenters. The summed E-state index contributed by atoms with van der Waals surface area (Å²) in [6, 6.07) is 5.84. The molecule has 0 saturated heterocycles. The molecular weight excluding hydrogens is 357 g/mol. The van der Waals surface area contributed by atoms with E-state index in [1.807, 2.05) is 0 Å². The van der Waals surface area contributed by atoms with Gasteiger partial charge < -0.3 is 5.11 Å². The topological polar surface area (TPSA) is 83.5 Å². The first-order valence-electron chi connectivity index (χ1n) is 5.53. The van der Waals surface area contributed by atoms with E-state index in [0.29, 0.717) is 16.9 Å². The highest BCUT2D eigenvalue weighted by Crippen LogP contribution is 2.33. The van der Waals surface area contributed by atoms with E-state index in [9.17, 15) is 13.2 Å². The van der Waals surface area contributed by atoms with E-state index < -0.39 is 16.0 Å². The number of carboxylic acids is 1. The Kier molecular flexibility index (Phi) is 4.48. The van der Waals surface area contributed by atoms with Crippen molar-refractivity contribution in [1.29, 1.82) is 0 Å². The number of aromatic carboxylic acids is 1. The predicted molar refractivity (Wildman–Crippen MR) is 83.3 cm³/mol. The minimum atomic E-state index is -3.93. The lowest BCUT2D eigenvalue weighted by molar-refractivity contribution is 0.0701. The third-order valence-electron chi connectivity index (χ3n) is 2.55. The Bertz CT molecular complexity index is 815. The van der Waals surface area contributed by atoms with Gasteiger partial charge in [-0.3, -0.25) is 4.72 Å². The Labute approximate surface area is 135 Å². The molecule has 0 spiro atoms. The number of benzene rings is 1. The van der Waals surface area contributed by atoms with Crippen LogP contribution in [0.3, 0.4) is 0 Å². The van der Waals surface area contributed by atoms with Gasteiger partial charge in [0.15, 0.2) is 0 Å². The van der Waals surface area contributed by atoms with Crippen molar-refractivity contribution in [2.75, 3.05) is 4.72 Å². The van der Waals surface area contributed by atoms with Crippen LogP contribution in [0.4, 0.5) is 5.69 Å². The predicted octanol–water partition coefficient (Wildman–Crippen LogP) is 3.86. The van der Waals surface area contributed by atoms with Crippen molar-refractivity contribution < 1.29 is 18.3 Å². The van der Waals surface area contributed by atoms with E-state index in [2.05, 4.69) is 4.72 Å². The smallest absolute Gasteiger partial charge is 0.346 e. The van der Waals surface area contributed by atoms with Crippen LogP contribution in [0.2, 0.25) is 10.0 Å². The van der Waals surface area contributed by atoms with Crippen LogP contribution >= 0.6 is 34.5 Å². The molecule has 0 saturated carbocycles. The first kappa shape index (κ1) is 16.1. The number of rotatable bonds is 4. The summed E-state index contributed by atoms with van der Waals surface area (Å²) in [5, 5.41) is 9.26. The third-order valence-corrected chi connectivity index (χ3v) is 6.43. The van der Waals surface area contributed by atoms with Crippen molar-refractivity contribution in [1.82, 2.24) is 0 Å². The molecule has 0 aliphatic carbocycles. The zero-order valence-corrected chi connectivity index (χ0v) is 13.7. The van der Waals surface area contributed by atoms with Crippen molar-refractivity contribution in [3.63, 3.8) is 0 Å². The summed E-state index contributed by atoms with van der Waals surface area (Å²) >= 11 is 12.4. The van der Waals surface area contributed by atoms with E-state index in [1.165, 1.54) is 25.1 Å². The van der Waals surface area contributed by atoms with E-state index >= 15 is 0 Å². The first-order chi connectivity index (χ1) is 9.72. The standard InChI is InChI=1S/C12H9Cl2NO4S2/c1-6-5-9(20-11(6)12(16)17)21(18,19)15-8-4-2-3-7(13)10(8)14/h2-5,15H,1H3,(H,16,17). The summed E-state index contributed by atoms with van der Waals surface area (Å²) in [6.45, 7) is 1.53. The lowest BCUT2D eigenvalue weighted by Gasteiger charge is -2.08. The second-order valence-corrected chi connectivity index (χ2v) is 7.84. The number of carbonyl (C=O) groups is 1. The number of anilines is 1. The maximum atomic E-state index is 12.3. The number of hydrogen-bond acceptors (Lipinski definition) is 4. The highest BCUT2D eigenvalue weighted by molar-refractivity contribution is 7.94. The van der Waals surface area contributed by atoms with E-state index in [0.717, 1.165) is 0 Å². The highest BCUT2D eigenvalue weighted by Gasteiger charge is 2.22. The minimum absolute atomic E-state index is 0.0208. The van der Waals surface area contributed by atoms with Crippen LogP contribution in [0, 0.1) is 6.92 Å². The molecule has 0 atom stereocenters. The molecule has 0 bridgehead atoms. The molecule has 1 heterocycles. The SMILES string of the molecule is Cc1cc(S(=O)(=O)Nc2cccc(Cl)c2Cl)sc1C(=O)O. The third kappa shape index (κ3) is 3.32. The number of aryl methyl sites for hydroxylation is 1. The molecular formula is C12H9Cl2NO4S2. The summed E-state index contributed by atoms with van der Waals surface area (Å²) in [6.07, 6.45) is 0. The van der Waals surface area contributed by atoms with Crippen LogP contribution in [-0.2, 0) is 10.0 Å². The summed E-state index contributed by atoms with van der Waals surface area (Å²) in [7, 11) is -3.93. The van der Waals surface area contributed by atoms with Gasteiger partial charge in [-0.25, -0.2) is 13.2 Å². The van der Waals surface area contributed by atoms with Crippen molar-refractivity contribution in [2.24, 2.45) is 0 Å².